The van der Waals surface area contributed by atoms with Crippen LogP contribution in [0.3, 0.4) is 0 Å². The molecule has 0 spiro atoms. The molecule has 0 aliphatic rings. The van der Waals surface area contributed by atoms with Crippen molar-refractivity contribution < 1.29 is 4.79 Å². The summed E-state index contributed by atoms with van der Waals surface area (Å²) in [6, 6.07) is 9.35. The number of amides is 1. The van der Waals surface area contributed by atoms with Gasteiger partial charge in [0.2, 0.25) is 0 Å². The van der Waals surface area contributed by atoms with Crippen molar-refractivity contribution in [3.8, 4) is 10.6 Å². The van der Waals surface area contributed by atoms with Gasteiger partial charge < -0.3 is 5.32 Å². The molecule has 0 saturated carbocycles. The maximum absolute atomic E-state index is 12.5. The van der Waals surface area contributed by atoms with E-state index in [1.807, 2.05) is 30.3 Å². The van der Waals surface area contributed by atoms with Crippen LogP contribution in [0, 0.1) is 0 Å². The van der Waals surface area contributed by atoms with Crippen LogP contribution in [-0.2, 0) is 7.05 Å². The highest BCUT2D eigenvalue weighted by atomic mass is 35.5. The molecule has 0 saturated heterocycles. The average Bonchev–Trinajstić information content (AvgIpc) is 3.26. The normalized spacial score (nSPS) is 11.1. The zero-order valence-corrected chi connectivity index (χ0v) is 14.9. The number of hydrogen-bond donors (Lipinski definition) is 1. The van der Waals surface area contributed by atoms with Gasteiger partial charge in [-0.2, -0.15) is 5.10 Å². The Kier molecular flexibility index (Phi) is 3.84. The second-order valence-electron chi connectivity index (χ2n) is 5.12. The number of aryl methyl sites for hydroxylation is 1. The van der Waals surface area contributed by atoms with Gasteiger partial charge in [-0.3, -0.25) is 14.5 Å². The molecular formula is C16H11ClN4OS2. The van der Waals surface area contributed by atoms with E-state index in [9.17, 15) is 4.79 Å². The van der Waals surface area contributed by atoms with Crippen LogP contribution in [0.4, 0.5) is 5.82 Å². The molecule has 0 radical (unpaired) electrons. The minimum atomic E-state index is -0.157. The van der Waals surface area contributed by atoms with Gasteiger partial charge in [0, 0.05) is 25.5 Å². The summed E-state index contributed by atoms with van der Waals surface area (Å²) in [6.07, 6.45) is 3.48. The highest BCUT2D eigenvalue weighted by Crippen LogP contribution is 2.31. The number of fused-ring (bicyclic) bond motifs is 1. The lowest BCUT2D eigenvalue weighted by Crippen LogP contribution is -2.13. The average molecular weight is 375 g/mol. The van der Waals surface area contributed by atoms with Crippen molar-refractivity contribution in [2.24, 2.45) is 7.05 Å². The van der Waals surface area contributed by atoms with Crippen LogP contribution < -0.4 is 5.32 Å². The fraction of sp³-hybridized carbons (Fsp3) is 0.0625. The fourth-order valence-corrected chi connectivity index (χ4v) is 4.25. The van der Waals surface area contributed by atoms with Crippen molar-refractivity contribution in [2.75, 3.05) is 5.32 Å². The lowest BCUT2D eigenvalue weighted by Gasteiger charge is -2.02. The Morgan fingerprint density at radius 1 is 1.25 bits per heavy atom. The van der Waals surface area contributed by atoms with E-state index in [4.69, 9.17) is 11.6 Å². The van der Waals surface area contributed by atoms with Crippen LogP contribution in [0.1, 0.15) is 9.67 Å². The van der Waals surface area contributed by atoms with E-state index in [-0.39, 0.29) is 5.91 Å². The molecular weight excluding hydrogens is 364 g/mol. The Morgan fingerprint density at radius 2 is 2.12 bits per heavy atom. The molecule has 0 unspecified atom stereocenters. The van der Waals surface area contributed by atoms with E-state index in [2.05, 4.69) is 15.4 Å². The molecule has 0 aromatic carbocycles. The van der Waals surface area contributed by atoms with Crippen molar-refractivity contribution in [3.63, 3.8) is 0 Å². The molecule has 5 nitrogen and oxygen atoms in total. The molecule has 8 heteroatoms. The number of halogens is 1. The van der Waals surface area contributed by atoms with Crippen LogP contribution in [0.15, 0.2) is 42.7 Å². The molecule has 0 atom stereocenters. The Hall–Kier alpha value is -2.22. The van der Waals surface area contributed by atoms with Crippen LogP contribution in [0.2, 0.25) is 4.34 Å². The molecule has 24 heavy (non-hydrogen) atoms. The number of anilines is 1. The number of pyridine rings is 1. The summed E-state index contributed by atoms with van der Waals surface area (Å²) >= 11 is 8.84. The SMILES string of the molecule is Cn1nc(-c2ccc(Cl)s2)cc1NC(=O)c1cc2ccncc2s1. The lowest BCUT2D eigenvalue weighted by atomic mass is 10.3. The van der Waals surface area contributed by atoms with E-state index in [0.717, 1.165) is 20.7 Å². The first-order chi connectivity index (χ1) is 11.6. The minimum Gasteiger partial charge on any atom is -0.306 e. The topological polar surface area (TPSA) is 59.8 Å². The summed E-state index contributed by atoms with van der Waals surface area (Å²) in [5.41, 5.74) is 0.783. The largest absolute Gasteiger partial charge is 0.306 e. The Labute approximate surface area is 150 Å². The summed E-state index contributed by atoms with van der Waals surface area (Å²) < 4.78 is 3.34. The van der Waals surface area contributed by atoms with Crippen molar-refractivity contribution in [1.82, 2.24) is 14.8 Å². The number of nitrogens with zero attached hydrogens (tertiary/aromatic N) is 3. The molecule has 4 rings (SSSR count). The third-order valence-corrected chi connectivity index (χ3v) is 5.83. The van der Waals surface area contributed by atoms with Crippen molar-refractivity contribution in [2.45, 2.75) is 0 Å². The number of hydrogen-bond acceptors (Lipinski definition) is 5. The quantitative estimate of drug-likeness (QED) is 0.567. The van der Waals surface area contributed by atoms with Gasteiger partial charge in [0.1, 0.15) is 11.5 Å². The molecule has 1 N–H and O–H groups in total. The summed E-state index contributed by atoms with van der Waals surface area (Å²) in [5, 5.41) is 8.35. The lowest BCUT2D eigenvalue weighted by molar-refractivity contribution is 0.102. The Balaban J connectivity index is 1.60. The third kappa shape index (κ3) is 2.82. The molecule has 0 bridgehead atoms. The van der Waals surface area contributed by atoms with Gasteiger partial charge in [-0.15, -0.1) is 22.7 Å². The van der Waals surface area contributed by atoms with E-state index in [0.29, 0.717) is 15.0 Å². The second-order valence-corrected chi connectivity index (χ2v) is 7.92. The predicted octanol–water partition coefficient (Wildman–Crippen LogP) is 4.66. The molecule has 4 aromatic heterocycles. The third-order valence-electron chi connectivity index (χ3n) is 3.49. The first kappa shape index (κ1) is 15.3. The van der Waals surface area contributed by atoms with Crippen molar-refractivity contribution in [3.05, 3.63) is 51.9 Å². The van der Waals surface area contributed by atoms with Crippen LogP contribution in [0.5, 0.6) is 0 Å². The summed E-state index contributed by atoms with van der Waals surface area (Å²) in [7, 11) is 1.79. The number of aromatic nitrogens is 3. The molecule has 0 aliphatic heterocycles. The van der Waals surface area contributed by atoms with E-state index in [1.54, 1.807) is 24.1 Å². The summed E-state index contributed by atoms with van der Waals surface area (Å²) in [5.74, 6) is 0.477. The van der Waals surface area contributed by atoms with Crippen molar-refractivity contribution in [1.29, 1.82) is 0 Å². The number of thiophene rings is 2. The van der Waals surface area contributed by atoms with Crippen LogP contribution in [0.25, 0.3) is 20.7 Å². The summed E-state index contributed by atoms with van der Waals surface area (Å²) in [4.78, 5) is 18.2. The van der Waals surface area contributed by atoms with E-state index < -0.39 is 0 Å². The van der Waals surface area contributed by atoms with Gasteiger partial charge in [0.25, 0.3) is 5.91 Å². The first-order valence-corrected chi connectivity index (χ1v) is 9.06. The number of carbonyl (C=O) groups excluding carboxylic acids is 1. The predicted molar refractivity (Wildman–Crippen MR) is 99.1 cm³/mol. The maximum atomic E-state index is 12.5. The fourth-order valence-electron chi connectivity index (χ4n) is 2.33. The Bertz CT molecular complexity index is 1020. The Morgan fingerprint density at radius 3 is 2.88 bits per heavy atom. The monoisotopic (exact) mass is 374 g/mol. The van der Waals surface area contributed by atoms with E-state index >= 15 is 0 Å². The second kappa shape index (κ2) is 6.01. The van der Waals surface area contributed by atoms with E-state index in [1.165, 1.54) is 22.7 Å². The highest BCUT2D eigenvalue weighted by Gasteiger charge is 2.15. The zero-order valence-electron chi connectivity index (χ0n) is 12.5. The molecule has 1 amide bonds. The summed E-state index contributed by atoms with van der Waals surface area (Å²) in [6.45, 7) is 0. The highest BCUT2D eigenvalue weighted by molar-refractivity contribution is 7.21. The minimum absolute atomic E-state index is 0.157. The molecule has 0 fully saturated rings. The zero-order chi connectivity index (χ0) is 16.7. The van der Waals surface area contributed by atoms with Crippen LogP contribution in [-0.4, -0.2) is 20.7 Å². The van der Waals surface area contributed by atoms with Crippen molar-refractivity contribution >= 4 is 56.1 Å². The molecule has 120 valence electrons. The maximum Gasteiger partial charge on any atom is 0.266 e. The van der Waals surface area contributed by atoms with Crippen LogP contribution >= 0.6 is 34.3 Å². The van der Waals surface area contributed by atoms with Gasteiger partial charge in [-0.05, 0) is 29.7 Å². The van der Waals surface area contributed by atoms with Gasteiger partial charge >= 0.3 is 0 Å². The van der Waals surface area contributed by atoms with Gasteiger partial charge in [-0.25, -0.2) is 0 Å². The number of carbonyl (C=O) groups is 1. The molecule has 4 heterocycles. The number of nitrogens with one attached hydrogen (secondary N) is 1. The molecule has 0 aliphatic carbocycles. The first-order valence-electron chi connectivity index (χ1n) is 7.05. The molecule has 4 aromatic rings. The van der Waals surface area contributed by atoms with Gasteiger partial charge in [0.15, 0.2) is 0 Å². The van der Waals surface area contributed by atoms with Gasteiger partial charge in [-0.1, -0.05) is 11.6 Å². The van der Waals surface area contributed by atoms with Gasteiger partial charge in [0.05, 0.1) is 18.8 Å². The smallest absolute Gasteiger partial charge is 0.266 e. The number of rotatable bonds is 3. The standard InChI is InChI=1S/C16H11ClN4OS2/c1-21-15(7-10(20-21)11-2-3-14(17)24-11)19-16(22)12-6-9-4-5-18-8-13(9)23-12/h2-8H,1H3,(H,19,22).